The average molecular weight is 513 g/mol. The predicted molar refractivity (Wildman–Crippen MR) is 146 cm³/mol. The molecular formula is C29H28N4O5. The first kappa shape index (κ1) is 26.2. The number of nitrogens with one attached hydrogen (secondary N) is 3. The minimum atomic E-state index is -0.476. The number of phenols is 1. The SMILES string of the molecule is CCC(Nc1ccc(COc2ccc3ccccc3c2C(=O)NNC(C)=O)cc1)c1ccc(O)cc1N=O. The number of nitrogens with zero attached hydrogens (tertiary/aromatic N) is 1. The molecule has 0 bridgehead atoms. The van der Waals surface area contributed by atoms with Crippen molar-refractivity contribution in [2.45, 2.75) is 32.9 Å². The zero-order valence-corrected chi connectivity index (χ0v) is 21.0. The van der Waals surface area contributed by atoms with Crippen LogP contribution < -0.4 is 20.9 Å². The highest BCUT2D eigenvalue weighted by Crippen LogP contribution is 2.33. The molecule has 9 nitrogen and oxygen atoms in total. The van der Waals surface area contributed by atoms with Crippen LogP contribution in [0.3, 0.4) is 0 Å². The molecule has 194 valence electrons. The van der Waals surface area contributed by atoms with E-state index in [9.17, 15) is 19.6 Å². The maximum absolute atomic E-state index is 12.9. The zero-order valence-electron chi connectivity index (χ0n) is 21.0. The summed E-state index contributed by atoms with van der Waals surface area (Å²) in [5.41, 5.74) is 7.69. The number of anilines is 1. The third-order valence-electron chi connectivity index (χ3n) is 6.06. The van der Waals surface area contributed by atoms with Gasteiger partial charge in [-0.15, -0.1) is 4.91 Å². The van der Waals surface area contributed by atoms with Gasteiger partial charge in [-0.1, -0.05) is 55.5 Å². The van der Waals surface area contributed by atoms with Gasteiger partial charge >= 0.3 is 0 Å². The zero-order chi connectivity index (χ0) is 27.1. The predicted octanol–water partition coefficient (Wildman–Crippen LogP) is 5.87. The quantitative estimate of drug-likeness (QED) is 0.164. The Morgan fingerprint density at radius 3 is 2.45 bits per heavy atom. The fourth-order valence-corrected chi connectivity index (χ4v) is 4.18. The standard InChI is InChI=1S/C29H28N4O5/c1-3-25(24-14-13-22(35)16-26(24)33-37)30-21-11-8-19(9-12-21)17-38-27-15-10-20-6-4-5-7-23(20)28(27)29(36)32-31-18(2)34/h4-16,25,30,35H,3,17H2,1-2H3,(H,31,34)(H,32,36). The Hall–Kier alpha value is -4.92. The third-order valence-corrected chi connectivity index (χ3v) is 6.06. The van der Waals surface area contributed by atoms with Crippen LogP contribution in [-0.2, 0) is 11.4 Å². The number of benzene rings is 4. The van der Waals surface area contributed by atoms with Crippen molar-refractivity contribution < 1.29 is 19.4 Å². The Bertz CT molecular complexity index is 1470. The Morgan fingerprint density at radius 1 is 0.974 bits per heavy atom. The van der Waals surface area contributed by atoms with E-state index in [0.29, 0.717) is 28.7 Å². The lowest BCUT2D eigenvalue weighted by Gasteiger charge is -2.20. The molecule has 0 fully saturated rings. The Balaban J connectivity index is 1.49. The number of aromatic hydroxyl groups is 1. The second-order valence-corrected chi connectivity index (χ2v) is 8.72. The van der Waals surface area contributed by atoms with Crippen molar-refractivity contribution in [1.29, 1.82) is 0 Å². The van der Waals surface area contributed by atoms with Crippen molar-refractivity contribution in [3.63, 3.8) is 0 Å². The summed E-state index contributed by atoms with van der Waals surface area (Å²) in [5, 5.41) is 17.7. The van der Waals surface area contributed by atoms with Gasteiger partial charge < -0.3 is 15.2 Å². The number of carbonyl (C=O) groups excluding carboxylic acids is 2. The van der Waals surface area contributed by atoms with Crippen molar-refractivity contribution in [2.75, 3.05) is 5.32 Å². The molecule has 4 N–H and O–H groups in total. The summed E-state index contributed by atoms with van der Waals surface area (Å²) >= 11 is 0. The van der Waals surface area contributed by atoms with Crippen LogP contribution in [0.1, 0.15) is 47.8 Å². The molecule has 0 saturated heterocycles. The Morgan fingerprint density at radius 2 is 1.74 bits per heavy atom. The van der Waals surface area contributed by atoms with Gasteiger partial charge in [0, 0.05) is 24.2 Å². The van der Waals surface area contributed by atoms with E-state index in [1.165, 1.54) is 19.1 Å². The minimum absolute atomic E-state index is 0.00952. The molecule has 4 aromatic carbocycles. The van der Waals surface area contributed by atoms with Crippen molar-refractivity contribution in [3.8, 4) is 11.5 Å². The average Bonchev–Trinajstić information content (AvgIpc) is 2.93. The highest BCUT2D eigenvalue weighted by molar-refractivity contribution is 6.09. The number of amides is 2. The number of hydrogen-bond donors (Lipinski definition) is 4. The van der Waals surface area contributed by atoms with E-state index in [0.717, 1.165) is 16.6 Å². The summed E-state index contributed by atoms with van der Waals surface area (Å²) in [6, 6.07) is 23.1. The van der Waals surface area contributed by atoms with Gasteiger partial charge in [0.2, 0.25) is 5.91 Å². The van der Waals surface area contributed by atoms with Gasteiger partial charge in [0.05, 0.1) is 11.6 Å². The van der Waals surface area contributed by atoms with E-state index < -0.39 is 5.91 Å². The van der Waals surface area contributed by atoms with E-state index >= 15 is 0 Å². The number of rotatable bonds is 9. The highest BCUT2D eigenvalue weighted by atomic mass is 16.5. The Labute approximate surface area is 219 Å². The molecule has 2 amide bonds. The monoisotopic (exact) mass is 512 g/mol. The molecule has 0 spiro atoms. The Kier molecular flexibility index (Phi) is 8.17. The van der Waals surface area contributed by atoms with Gasteiger partial charge in [-0.2, -0.15) is 0 Å². The van der Waals surface area contributed by atoms with Crippen LogP contribution >= 0.6 is 0 Å². The molecule has 1 atom stereocenters. The summed E-state index contributed by atoms with van der Waals surface area (Å²) in [5.74, 6) is -0.481. The van der Waals surface area contributed by atoms with Crippen LogP contribution in [-0.4, -0.2) is 16.9 Å². The smallest absolute Gasteiger partial charge is 0.274 e. The second kappa shape index (κ2) is 11.9. The van der Waals surface area contributed by atoms with Crippen LogP contribution in [0.2, 0.25) is 0 Å². The molecule has 0 aliphatic rings. The molecule has 0 aliphatic carbocycles. The highest BCUT2D eigenvalue weighted by Gasteiger charge is 2.18. The minimum Gasteiger partial charge on any atom is -0.508 e. The number of carbonyl (C=O) groups is 2. The summed E-state index contributed by atoms with van der Waals surface area (Å²) in [4.78, 5) is 35.4. The molecule has 4 aromatic rings. The fraction of sp³-hybridized carbons (Fsp3) is 0.172. The molecule has 4 rings (SSSR count). The normalized spacial score (nSPS) is 11.4. The first-order chi connectivity index (χ1) is 18.4. The van der Waals surface area contributed by atoms with Crippen LogP contribution in [0.5, 0.6) is 11.5 Å². The lowest BCUT2D eigenvalue weighted by molar-refractivity contribution is -0.119. The lowest BCUT2D eigenvalue weighted by atomic mass is 10.0. The molecule has 9 heteroatoms. The van der Waals surface area contributed by atoms with Gasteiger partial charge in [-0.25, -0.2) is 0 Å². The van der Waals surface area contributed by atoms with Crippen molar-refractivity contribution >= 4 is 34.0 Å². The third kappa shape index (κ3) is 6.07. The van der Waals surface area contributed by atoms with E-state index in [4.69, 9.17) is 4.74 Å². The topological polar surface area (TPSA) is 129 Å². The summed E-state index contributed by atoms with van der Waals surface area (Å²) in [7, 11) is 0. The van der Waals surface area contributed by atoms with Crippen molar-refractivity contribution in [1.82, 2.24) is 10.9 Å². The number of ether oxygens (including phenoxy) is 1. The van der Waals surface area contributed by atoms with E-state index in [-0.39, 0.29) is 30.0 Å². The molecule has 0 aliphatic heterocycles. The molecule has 1 unspecified atom stereocenters. The largest absolute Gasteiger partial charge is 0.508 e. The van der Waals surface area contributed by atoms with Crippen molar-refractivity contribution in [3.05, 3.63) is 100 Å². The number of fused-ring (bicyclic) bond motifs is 1. The lowest BCUT2D eigenvalue weighted by Crippen LogP contribution is -2.40. The van der Waals surface area contributed by atoms with Crippen molar-refractivity contribution in [2.24, 2.45) is 5.18 Å². The van der Waals surface area contributed by atoms with Gasteiger partial charge in [0.1, 0.15) is 23.8 Å². The summed E-state index contributed by atoms with van der Waals surface area (Å²) < 4.78 is 6.05. The second-order valence-electron chi connectivity index (χ2n) is 8.72. The molecule has 0 heterocycles. The molecule has 0 aromatic heterocycles. The molecule has 0 radical (unpaired) electrons. The van der Waals surface area contributed by atoms with E-state index in [2.05, 4.69) is 21.3 Å². The number of nitroso groups, excluding NO2 is 1. The van der Waals surface area contributed by atoms with Gasteiger partial charge in [-0.05, 0) is 52.2 Å². The van der Waals surface area contributed by atoms with Crippen LogP contribution in [0.15, 0.2) is 84.0 Å². The van der Waals surface area contributed by atoms with E-state index in [1.807, 2.05) is 61.5 Å². The first-order valence-corrected chi connectivity index (χ1v) is 12.1. The number of hydrogen-bond acceptors (Lipinski definition) is 7. The van der Waals surface area contributed by atoms with E-state index in [1.54, 1.807) is 12.1 Å². The molecule has 38 heavy (non-hydrogen) atoms. The number of phenolic OH excluding ortho intramolecular Hbond substituents is 1. The molecule has 0 saturated carbocycles. The fourth-order valence-electron chi connectivity index (χ4n) is 4.18. The first-order valence-electron chi connectivity index (χ1n) is 12.1. The summed E-state index contributed by atoms with van der Waals surface area (Å²) in [6.45, 7) is 3.52. The summed E-state index contributed by atoms with van der Waals surface area (Å²) in [6.07, 6.45) is 0.698. The van der Waals surface area contributed by atoms with Crippen LogP contribution in [0, 0.1) is 4.91 Å². The van der Waals surface area contributed by atoms with Crippen LogP contribution in [0.25, 0.3) is 10.8 Å². The maximum atomic E-state index is 12.9. The maximum Gasteiger partial charge on any atom is 0.274 e. The number of hydrazine groups is 1. The van der Waals surface area contributed by atoms with Gasteiger partial charge in [0.25, 0.3) is 5.91 Å². The molecular weight excluding hydrogens is 484 g/mol. The van der Waals surface area contributed by atoms with Gasteiger partial charge in [0.15, 0.2) is 0 Å². The van der Waals surface area contributed by atoms with Gasteiger partial charge in [-0.3, -0.25) is 20.4 Å². The van der Waals surface area contributed by atoms with Crippen LogP contribution in [0.4, 0.5) is 11.4 Å².